The fourth-order valence-corrected chi connectivity index (χ4v) is 4.59. The van der Waals surface area contributed by atoms with Gasteiger partial charge >= 0.3 is 0 Å². The Balaban J connectivity index is 1.36. The van der Waals surface area contributed by atoms with Crippen molar-refractivity contribution in [3.8, 4) is 0 Å². The summed E-state index contributed by atoms with van der Waals surface area (Å²) in [6.07, 6.45) is 3.47. The minimum Gasteiger partial charge on any atom is -0.344 e. The van der Waals surface area contributed by atoms with Crippen LogP contribution in [0.2, 0.25) is 0 Å². The Kier molecular flexibility index (Phi) is 5.02. The normalized spacial score (nSPS) is 17.6. The van der Waals surface area contributed by atoms with Gasteiger partial charge in [-0.15, -0.1) is 0 Å². The monoisotopic (exact) mass is 418 g/mol. The number of benzene rings is 2. The molecule has 2 aromatic carbocycles. The number of amides is 2. The molecule has 2 aliphatic rings. The number of hydrogen-bond donors (Lipinski definition) is 2. The van der Waals surface area contributed by atoms with Gasteiger partial charge in [-0.1, -0.05) is 36.4 Å². The maximum atomic E-state index is 14.1. The molecule has 0 saturated heterocycles. The van der Waals surface area contributed by atoms with Gasteiger partial charge in [0.1, 0.15) is 5.82 Å². The third kappa shape index (κ3) is 3.60. The number of fused-ring (bicyclic) bond motifs is 2. The van der Waals surface area contributed by atoms with E-state index >= 15 is 0 Å². The SMILES string of the molecule is O=C(N[C@H]1CCCc2ccccc21)c1n[nH]c2c1CN(C(=O)c1ccccc1F)CC2. The number of nitrogens with one attached hydrogen (secondary N) is 2. The van der Waals surface area contributed by atoms with Crippen LogP contribution in [0.4, 0.5) is 4.39 Å². The summed E-state index contributed by atoms with van der Waals surface area (Å²) in [5, 5.41) is 10.3. The van der Waals surface area contributed by atoms with Crippen molar-refractivity contribution in [2.45, 2.75) is 38.3 Å². The van der Waals surface area contributed by atoms with Gasteiger partial charge in [-0.2, -0.15) is 5.10 Å². The Morgan fingerprint density at radius 3 is 2.77 bits per heavy atom. The van der Waals surface area contributed by atoms with Gasteiger partial charge in [-0.25, -0.2) is 4.39 Å². The Hall–Kier alpha value is -3.48. The van der Waals surface area contributed by atoms with E-state index in [0.717, 1.165) is 30.5 Å². The predicted molar refractivity (Wildman–Crippen MR) is 113 cm³/mol. The first-order valence-corrected chi connectivity index (χ1v) is 10.6. The summed E-state index contributed by atoms with van der Waals surface area (Å²) < 4.78 is 14.1. The summed E-state index contributed by atoms with van der Waals surface area (Å²) >= 11 is 0. The molecular weight excluding hydrogens is 395 g/mol. The zero-order valence-corrected chi connectivity index (χ0v) is 17.0. The molecule has 0 fully saturated rings. The maximum absolute atomic E-state index is 14.1. The number of aromatic amines is 1. The summed E-state index contributed by atoms with van der Waals surface area (Å²) in [5.41, 5.74) is 4.33. The molecule has 0 radical (unpaired) electrons. The van der Waals surface area contributed by atoms with E-state index in [1.807, 2.05) is 12.1 Å². The van der Waals surface area contributed by atoms with Gasteiger partial charge in [-0.3, -0.25) is 14.7 Å². The second kappa shape index (κ2) is 7.98. The Bertz CT molecular complexity index is 1160. The van der Waals surface area contributed by atoms with Crippen LogP contribution in [-0.2, 0) is 19.4 Å². The van der Waals surface area contributed by atoms with E-state index < -0.39 is 5.82 Å². The molecule has 5 rings (SSSR count). The second-order valence-electron chi connectivity index (χ2n) is 8.10. The van der Waals surface area contributed by atoms with Crippen molar-refractivity contribution in [1.82, 2.24) is 20.4 Å². The molecule has 158 valence electrons. The standard InChI is InChI=1S/C24H23FN4O2/c25-19-10-4-3-9-17(19)24(31)29-13-12-21-18(14-29)22(28-27-21)23(30)26-20-11-5-7-15-6-1-2-8-16(15)20/h1-4,6,8-10,20H,5,7,11-14H2,(H,26,30)(H,27,28)/t20-/m0/s1. The minimum absolute atomic E-state index is 0.0410. The lowest BCUT2D eigenvalue weighted by Crippen LogP contribution is -2.37. The lowest BCUT2D eigenvalue weighted by atomic mass is 9.87. The number of rotatable bonds is 3. The Morgan fingerprint density at radius 2 is 1.90 bits per heavy atom. The quantitative estimate of drug-likeness (QED) is 0.683. The molecule has 2 heterocycles. The van der Waals surface area contributed by atoms with Crippen LogP contribution in [-0.4, -0.2) is 33.5 Å². The van der Waals surface area contributed by atoms with E-state index in [9.17, 15) is 14.0 Å². The zero-order valence-electron chi connectivity index (χ0n) is 17.0. The number of hydrogen-bond acceptors (Lipinski definition) is 3. The van der Waals surface area contributed by atoms with Gasteiger partial charge in [0.15, 0.2) is 5.69 Å². The average molecular weight is 418 g/mol. The Labute approximate surface area is 179 Å². The van der Waals surface area contributed by atoms with Crippen molar-refractivity contribution >= 4 is 11.8 Å². The fraction of sp³-hybridized carbons (Fsp3) is 0.292. The molecule has 1 aliphatic carbocycles. The van der Waals surface area contributed by atoms with E-state index in [0.29, 0.717) is 24.2 Å². The van der Waals surface area contributed by atoms with Crippen molar-refractivity contribution in [1.29, 1.82) is 0 Å². The maximum Gasteiger partial charge on any atom is 0.272 e. The van der Waals surface area contributed by atoms with Crippen LogP contribution in [0.1, 0.15) is 62.1 Å². The molecule has 1 aliphatic heterocycles. The molecular formula is C24H23FN4O2. The third-order valence-corrected chi connectivity index (χ3v) is 6.21. The topological polar surface area (TPSA) is 78.1 Å². The van der Waals surface area contributed by atoms with Gasteiger partial charge < -0.3 is 10.2 Å². The summed E-state index contributed by atoms with van der Waals surface area (Å²) in [5.74, 6) is -1.17. The molecule has 7 heteroatoms. The first kappa shape index (κ1) is 19.5. The Morgan fingerprint density at radius 1 is 1.10 bits per heavy atom. The number of carbonyl (C=O) groups is 2. The van der Waals surface area contributed by atoms with E-state index in [4.69, 9.17) is 0 Å². The van der Waals surface area contributed by atoms with Crippen molar-refractivity contribution in [2.24, 2.45) is 0 Å². The van der Waals surface area contributed by atoms with Crippen LogP contribution in [0.3, 0.4) is 0 Å². The number of aromatic nitrogens is 2. The van der Waals surface area contributed by atoms with Crippen LogP contribution in [0, 0.1) is 5.82 Å². The molecule has 3 aromatic rings. The van der Waals surface area contributed by atoms with E-state index in [1.54, 1.807) is 17.0 Å². The van der Waals surface area contributed by atoms with Gasteiger partial charge in [0.2, 0.25) is 0 Å². The number of carbonyl (C=O) groups excluding carboxylic acids is 2. The largest absolute Gasteiger partial charge is 0.344 e. The molecule has 31 heavy (non-hydrogen) atoms. The number of halogens is 1. The van der Waals surface area contributed by atoms with Gasteiger partial charge in [0.25, 0.3) is 11.8 Å². The van der Waals surface area contributed by atoms with Crippen LogP contribution in [0.5, 0.6) is 0 Å². The van der Waals surface area contributed by atoms with Crippen molar-refractivity contribution in [3.05, 3.63) is 88.0 Å². The molecule has 0 saturated carbocycles. The van der Waals surface area contributed by atoms with Crippen LogP contribution < -0.4 is 5.32 Å². The van der Waals surface area contributed by atoms with Crippen LogP contribution >= 0.6 is 0 Å². The number of nitrogens with zero attached hydrogens (tertiary/aromatic N) is 2. The molecule has 0 unspecified atom stereocenters. The molecule has 2 amide bonds. The van der Waals surface area contributed by atoms with E-state index in [2.05, 4.69) is 27.6 Å². The van der Waals surface area contributed by atoms with Crippen molar-refractivity contribution in [2.75, 3.05) is 6.54 Å². The van der Waals surface area contributed by atoms with Gasteiger partial charge in [0.05, 0.1) is 18.2 Å². The lowest BCUT2D eigenvalue weighted by Gasteiger charge is -2.28. The smallest absolute Gasteiger partial charge is 0.272 e. The summed E-state index contributed by atoms with van der Waals surface area (Å²) in [7, 11) is 0. The lowest BCUT2D eigenvalue weighted by molar-refractivity contribution is 0.0726. The molecule has 6 nitrogen and oxygen atoms in total. The summed E-state index contributed by atoms with van der Waals surface area (Å²) in [4.78, 5) is 27.5. The first-order valence-electron chi connectivity index (χ1n) is 10.6. The summed E-state index contributed by atoms with van der Waals surface area (Å²) in [6.45, 7) is 0.669. The van der Waals surface area contributed by atoms with E-state index in [1.165, 1.54) is 17.7 Å². The number of aryl methyl sites for hydroxylation is 1. The van der Waals surface area contributed by atoms with Crippen molar-refractivity contribution in [3.63, 3.8) is 0 Å². The minimum atomic E-state index is -0.542. The number of H-pyrrole nitrogens is 1. The molecule has 0 spiro atoms. The predicted octanol–water partition coefficient (Wildman–Crippen LogP) is 3.55. The highest BCUT2D eigenvalue weighted by Gasteiger charge is 2.30. The van der Waals surface area contributed by atoms with Crippen molar-refractivity contribution < 1.29 is 14.0 Å². The van der Waals surface area contributed by atoms with E-state index in [-0.39, 0.29) is 30.0 Å². The molecule has 0 bridgehead atoms. The highest BCUT2D eigenvalue weighted by molar-refractivity contribution is 5.96. The van der Waals surface area contributed by atoms with Crippen LogP contribution in [0.25, 0.3) is 0 Å². The van der Waals surface area contributed by atoms with Crippen LogP contribution in [0.15, 0.2) is 48.5 Å². The first-order chi connectivity index (χ1) is 15.1. The highest BCUT2D eigenvalue weighted by Crippen LogP contribution is 2.30. The van der Waals surface area contributed by atoms with Gasteiger partial charge in [-0.05, 0) is 42.5 Å². The molecule has 1 atom stereocenters. The van der Waals surface area contributed by atoms with Gasteiger partial charge in [0, 0.05) is 24.2 Å². The summed E-state index contributed by atoms with van der Waals surface area (Å²) in [6, 6.07) is 14.1. The average Bonchev–Trinajstić information content (AvgIpc) is 3.23. The second-order valence-corrected chi connectivity index (χ2v) is 8.10. The third-order valence-electron chi connectivity index (χ3n) is 6.21. The molecule has 1 aromatic heterocycles. The molecule has 2 N–H and O–H groups in total. The fourth-order valence-electron chi connectivity index (χ4n) is 4.59. The zero-order chi connectivity index (χ0) is 21.4. The highest BCUT2D eigenvalue weighted by atomic mass is 19.1.